The second-order valence-electron chi connectivity index (χ2n) is 9.27. The molecular weight excluding hydrogens is 408 g/mol. The summed E-state index contributed by atoms with van der Waals surface area (Å²) in [6.45, 7) is 3.55. The van der Waals surface area contributed by atoms with Crippen molar-refractivity contribution in [2.75, 3.05) is 49.1 Å². The van der Waals surface area contributed by atoms with Crippen LogP contribution in [0.5, 0.6) is 0 Å². The summed E-state index contributed by atoms with van der Waals surface area (Å²) in [5, 5.41) is 2.93. The van der Waals surface area contributed by atoms with E-state index in [4.69, 9.17) is 4.74 Å². The molecular formula is C24H32N4O4. The average molecular weight is 441 g/mol. The molecule has 4 heterocycles. The fourth-order valence-corrected chi connectivity index (χ4v) is 5.39. The van der Waals surface area contributed by atoms with Gasteiger partial charge in [0.15, 0.2) is 0 Å². The molecule has 1 aromatic carbocycles. The summed E-state index contributed by atoms with van der Waals surface area (Å²) >= 11 is 0. The van der Waals surface area contributed by atoms with E-state index in [0.29, 0.717) is 17.8 Å². The Morgan fingerprint density at radius 2 is 1.81 bits per heavy atom. The summed E-state index contributed by atoms with van der Waals surface area (Å²) in [6, 6.07) is 5.41. The largest absolute Gasteiger partial charge is 0.376 e. The van der Waals surface area contributed by atoms with Crippen LogP contribution in [0, 0.1) is 0 Å². The summed E-state index contributed by atoms with van der Waals surface area (Å²) in [5.41, 5.74) is 2.20. The van der Waals surface area contributed by atoms with Crippen molar-refractivity contribution in [3.05, 3.63) is 23.8 Å². The van der Waals surface area contributed by atoms with Gasteiger partial charge in [-0.1, -0.05) is 0 Å². The lowest BCUT2D eigenvalue weighted by molar-refractivity contribution is -0.125. The topological polar surface area (TPSA) is 82.2 Å². The molecule has 0 saturated carbocycles. The van der Waals surface area contributed by atoms with Crippen LogP contribution in [-0.4, -0.2) is 74.1 Å². The zero-order valence-electron chi connectivity index (χ0n) is 18.6. The monoisotopic (exact) mass is 440 g/mol. The van der Waals surface area contributed by atoms with Gasteiger partial charge in [0.25, 0.3) is 5.91 Å². The Bertz CT molecular complexity index is 892. The molecule has 0 unspecified atom stereocenters. The number of benzene rings is 1. The minimum Gasteiger partial charge on any atom is -0.376 e. The zero-order chi connectivity index (χ0) is 22.1. The van der Waals surface area contributed by atoms with E-state index in [1.807, 2.05) is 23.1 Å². The molecule has 0 bridgehead atoms. The van der Waals surface area contributed by atoms with Crippen LogP contribution >= 0.6 is 0 Å². The summed E-state index contributed by atoms with van der Waals surface area (Å²) in [7, 11) is 0. The first-order valence-corrected chi connectivity index (χ1v) is 12.0. The van der Waals surface area contributed by atoms with Crippen LogP contribution in [0.1, 0.15) is 55.3 Å². The first kappa shape index (κ1) is 21.2. The molecule has 2 atom stereocenters. The molecule has 0 radical (unpaired) electrons. The van der Waals surface area contributed by atoms with Crippen LogP contribution in [-0.2, 0) is 14.3 Å². The SMILES string of the molecule is O=C(CN1C(=O)[C@@H]2CCCCN2c2ccc(C(=O)N3CCCC3)cc21)NC[C@@H]1CCCO1. The van der Waals surface area contributed by atoms with Crippen molar-refractivity contribution in [1.29, 1.82) is 0 Å². The second kappa shape index (κ2) is 9.10. The third-order valence-electron chi connectivity index (χ3n) is 7.12. The van der Waals surface area contributed by atoms with Crippen molar-refractivity contribution in [3.63, 3.8) is 0 Å². The first-order chi connectivity index (χ1) is 15.6. The standard InChI is InChI=1S/C24H32N4O4/c29-22(25-15-18-6-5-13-32-18)16-28-21-14-17(23(30)26-10-3-4-11-26)8-9-19(21)27-12-2-1-7-20(27)24(28)31/h8-9,14,18,20H,1-7,10-13,15-16H2,(H,25,29)/t18-,20-/m0/s1. The van der Waals surface area contributed by atoms with Gasteiger partial charge >= 0.3 is 0 Å². The molecule has 0 aliphatic carbocycles. The Kier molecular flexibility index (Phi) is 6.04. The van der Waals surface area contributed by atoms with Crippen LogP contribution in [0.25, 0.3) is 0 Å². The highest BCUT2D eigenvalue weighted by atomic mass is 16.5. The van der Waals surface area contributed by atoms with E-state index >= 15 is 0 Å². The summed E-state index contributed by atoms with van der Waals surface area (Å²) in [6.07, 6.45) is 6.92. The summed E-state index contributed by atoms with van der Waals surface area (Å²) < 4.78 is 5.59. The quantitative estimate of drug-likeness (QED) is 0.757. The van der Waals surface area contributed by atoms with Crippen LogP contribution in [0.3, 0.4) is 0 Å². The van der Waals surface area contributed by atoms with Crippen LogP contribution in [0.4, 0.5) is 11.4 Å². The number of carbonyl (C=O) groups excluding carboxylic acids is 3. The van der Waals surface area contributed by atoms with E-state index < -0.39 is 0 Å². The fourth-order valence-electron chi connectivity index (χ4n) is 5.39. The minimum absolute atomic E-state index is 0.00120. The Labute approximate surface area is 188 Å². The number of carbonyl (C=O) groups is 3. The van der Waals surface area contributed by atoms with E-state index in [1.165, 1.54) is 0 Å². The molecule has 0 spiro atoms. The molecule has 1 aromatic rings. The molecule has 0 aromatic heterocycles. The van der Waals surface area contributed by atoms with Crippen molar-refractivity contribution in [3.8, 4) is 0 Å². The predicted octanol–water partition coefficient (Wildman–Crippen LogP) is 1.92. The zero-order valence-corrected chi connectivity index (χ0v) is 18.6. The van der Waals surface area contributed by atoms with Gasteiger partial charge < -0.3 is 19.9 Å². The van der Waals surface area contributed by atoms with Crippen LogP contribution in [0.2, 0.25) is 0 Å². The number of piperidine rings is 1. The number of anilines is 2. The average Bonchev–Trinajstić information content (AvgIpc) is 3.54. The van der Waals surface area contributed by atoms with Gasteiger partial charge in [-0.15, -0.1) is 0 Å². The number of rotatable bonds is 5. The first-order valence-electron chi connectivity index (χ1n) is 12.0. The highest BCUT2D eigenvalue weighted by molar-refractivity contribution is 6.09. The lowest BCUT2D eigenvalue weighted by Gasteiger charge is -2.45. The van der Waals surface area contributed by atoms with Gasteiger partial charge in [0.2, 0.25) is 11.8 Å². The number of hydrogen-bond acceptors (Lipinski definition) is 5. The minimum atomic E-state index is -0.234. The highest BCUT2D eigenvalue weighted by Gasteiger charge is 2.40. The Hall–Kier alpha value is -2.61. The lowest BCUT2D eigenvalue weighted by atomic mass is 9.95. The molecule has 1 N–H and O–H groups in total. The van der Waals surface area contributed by atoms with Crippen molar-refractivity contribution >= 4 is 29.1 Å². The van der Waals surface area contributed by atoms with Crippen molar-refractivity contribution in [2.45, 2.75) is 57.1 Å². The normalized spacial score (nSPS) is 25.0. The third-order valence-corrected chi connectivity index (χ3v) is 7.12. The second-order valence-corrected chi connectivity index (χ2v) is 9.27. The Morgan fingerprint density at radius 3 is 2.59 bits per heavy atom. The number of ether oxygens (including phenoxy) is 1. The van der Waals surface area contributed by atoms with Gasteiger partial charge in [0, 0.05) is 38.3 Å². The van der Waals surface area contributed by atoms with E-state index in [0.717, 1.165) is 76.9 Å². The van der Waals surface area contributed by atoms with E-state index in [2.05, 4.69) is 10.2 Å². The molecule has 8 nitrogen and oxygen atoms in total. The number of amides is 3. The number of likely N-dealkylation sites (tertiary alicyclic amines) is 1. The summed E-state index contributed by atoms with van der Waals surface area (Å²) in [4.78, 5) is 44.8. The van der Waals surface area contributed by atoms with Gasteiger partial charge in [-0.05, 0) is 63.1 Å². The maximum atomic E-state index is 13.4. The molecule has 32 heavy (non-hydrogen) atoms. The maximum absolute atomic E-state index is 13.4. The maximum Gasteiger partial charge on any atom is 0.253 e. The molecule has 172 valence electrons. The molecule has 3 amide bonds. The van der Waals surface area contributed by atoms with Crippen molar-refractivity contribution in [1.82, 2.24) is 10.2 Å². The van der Waals surface area contributed by atoms with Crippen LogP contribution < -0.4 is 15.1 Å². The number of nitrogens with one attached hydrogen (secondary N) is 1. The lowest BCUT2D eigenvalue weighted by Crippen LogP contribution is -2.57. The van der Waals surface area contributed by atoms with E-state index in [9.17, 15) is 14.4 Å². The summed E-state index contributed by atoms with van der Waals surface area (Å²) in [5.74, 6) is -0.239. The van der Waals surface area contributed by atoms with Gasteiger partial charge in [-0.3, -0.25) is 19.3 Å². The third kappa shape index (κ3) is 4.08. The fraction of sp³-hybridized carbons (Fsp3) is 0.625. The Balaban J connectivity index is 1.40. The Morgan fingerprint density at radius 1 is 1.00 bits per heavy atom. The van der Waals surface area contributed by atoms with Crippen LogP contribution in [0.15, 0.2) is 18.2 Å². The molecule has 3 saturated heterocycles. The van der Waals surface area contributed by atoms with E-state index in [-0.39, 0.29) is 36.4 Å². The number of hydrogen-bond donors (Lipinski definition) is 1. The van der Waals surface area contributed by atoms with Crippen molar-refractivity contribution < 1.29 is 19.1 Å². The van der Waals surface area contributed by atoms with Gasteiger partial charge in [0.1, 0.15) is 12.6 Å². The molecule has 3 fully saturated rings. The van der Waals surface area contributed by atoms with E-state index in [1.54, 1.807) is 4.90 Å². The molecule has 5 rings (SSSR count). The molecule has 8 heteroatoms. The molecule has 4 aliphatic heterocycles. The van der Waals surface area contributed by atoms with Crippen molar-refractivity contribution in [2.24, 2.45) is 0 Å². The predicted molar refractivity (Wildman–Crippen MR) is 121 cm³/mol. The highest BCUT2D eigenvalue weighted by Crippen LogP contribution is 2.40. The molecule has 4 aliphatic rings. The number of fused-ring (bicyclic) bond motifs is 3. The number of nitrogens with zero attached hydrogens (tertiary/aromatic N) is 3. The van der Waals surface area contributed by atoms with Gasteiger partial charge in [-0.25, -0.2) is 0 Å². The smallest absolute Gasteiger partial charge is 0.253 e. The van der Waals surface area contributed by atoms with Gasteiger partial charge in [0.05, 0.1) is 17.5 Å². The van der Waals surface area contributed by atoms with Gasteiger partial charge in [-0.2, -0.15) is 0 Å².